The van der Waals surface area contributed by atoms with E-state index >= 15 is 0 Å². The second-order valence-corrected chi connectivity index (χ2v) is 4.94. The van der Waals surface area contributed by atoms with Gasteiger partial charge in [0, 0.05) is 12.1 Å². The Morgan fingerprint density at radius 3 is 2.87 bits per heavy atom. The standard InChI is InChI=1S/C11H14BrN3/c1-6(2)5-9-14-8-4-3-7(13)10(12)11(8)15-9/h3-4,6H,5,13H2,1-2H3,(H,14,15). The normalized spacial score (nSPS) is 11.5. The summed E-state index contributed by atoms with van der Waals surface area (Å²) in [7, 11) is 0. The maximum Gasteiger partial charge on any atom is 0.107 e. The Morgan fingerprint density at radius 1 is 1.47 bits per heavy atom. The zero-order valence-corrected chi connectivity index (χ0v) is 10.4. The van der Waals surface area contributed by atoms with Crippen LogP contribution in [-0.2, 0) is 6.42 Å². The predicted molar refractivity (Wildman–Crippen MR) is 66.7 cm³/mol. The molecule has 1 aromatic heterocycles. The summed E-state index contributed by atoms with van der Waals surface area (Å²) in [6, 6.07) is 3.84. The number of aromatic nitrogens is 2. The van der Waals surface area contributed by atoms with Crippen molar-refractivity contribution in [3.63, 3.8) is 0 Å². The van der Waals surface area contributed by atoms with Crippen LogP contribution in [0.5, 0.6) is 0 Å². The zero-order chi connectivity index (χ0) is 11.0. The van der Waals surface area contributed by atoms with Crippen molar-refractivity contribution in [1.29, 1.82) is 0 Å². The lowest BCUT2D eigenvalue weighted by Crippen LogP contribution is -1.95. The highest BCUT2D eigenvalue weighted by atomic mass is 79.9. The van der Waals surface area contributed by atoms with Crippen LogP contribution in [0.15, 0.2) is 16.6 Å². The smallest absolute Gasteiger partial charge is 0.107 e. The number of fused-ring (bicyclic) bond motifs is 1. The number of hydrogen-bond donors (Lipinski definition) is 2. The molecular formula is C11H14BrN3. The molecule has 0 atom stereocenters. The van der Waals surface area contributed by atoms with Crippen molar-refractivity contribution in [1.82, 2.24) is 9.97 Å². The number of anilines is 1. The van der Waals surface area contributed by atoms with Gasteiger partial charge in [-0.3, -0.25) is 0 Å². The number of hydrogen-bond acceptors (Lipinski definition) is 2. The molecule has 4 heteroatoms. The Balaban J connectivity index is 2.51. The van der Waals surface area contributed by atoms with Crippen molar-refractivity contribution >= 4 is 32.7 Å². The number of nitrogens with zero attached hydrogens (tertiary/aromatic N) is 1. The molecule has 0 aliphatic heterocycles. The lowest BCUT2D eigenvalue weighted by Gasteiger charge is -1.98. The van der Waals surface area contributed by atoms with Gasteiger partial charge in [0.15, 0.2) is 0 Å². The lowest BCUT2D eigenvalue weighted by atomic mass is 10.1. The second kappa shape index (κ2) is 3.85. The number of imidazole rings is 1. The molecular weight excluding hydrogens is 254 g/mol. The largest absolute Gasteiger partial charge is 0.398 e. The summed E-state index contributed by atoms with van der Waals surface area (Å²) in [4.78, 5) is 7.83. The Kier molecular flexibility index (Phi) is 2.69. The number of nitrogens with one attached hydrogen (secondary N) is 1. The Morgan fingerprint density at radius 2 is 2.20 bits per heavy atom. The van der Waals surface area contributed by atoms with E-state index in [4.69, 9.17) is 5.73 Å². The highest BCUT2D eigenvalue weighted by Crippen LogP contribution is 2.28. The maximum absolute atomic E-state index is 5.80. The van der Waals surface area contributed by atoms with E-state index in [1.807, 2.05) is 12.1 Å². The summed E-state index contributed by atoms with van der Waals surface area (Å²) < 4.78 is 0.881. The highest BCUT2D eigenvalue weighted by Gasteiger charge is 2.09. The van der Waals surface area contributed by atoms with E-state index < -0.39 is 0 Å². The molecule has 0 unspecified atom stereocenters. The van der Waals surface area contributed by atoms with Crippen LogP contribution in [0, 0.1) is 5.92 Å². The number of nitrogen functional groups attached to an aromatic ring is 1. The number of nitrogens with two attached hydrogens (primary N) is 1. The summed E-state index contributed by atoms with van der Waals surface area (Å²) >= 11 is 3.45. The average Bonchev–Trinajstić information content (AvgIpc) is 2.54. The SMILES string of the molecule is CC(C)Cc1nc2c(Br)c(N)ccc2[nH]1. The van der Waals surface area contributed by atoms with Gasteiger partial charge >= 0.3 is 0 Å². The van der Waals surface area contributed by atoms with Gasteiger partial charge in [-0.1, -0.05) is 13.8 Å². The molecule has 15 heavy (non-hydrogen) atoms. The summed E-state index contributed by atoms with van der Waals surface area (Å²) in [5.41, 5.74) is 8.48. The van der Waals surface area contributed by atoms with Crippen LogP contribution in [0.2, 0.25) is 0 Å². The van der Waals surface area contributed by atoms with Crippen molar-refractivity contribution in [2.45, 2.75) is 20.3 Å². The number of rotatable bonds is 2. The van der Waals surface area contributed by atoms with Crippen LogP contribution in [0.25, 0.3) is 11.0 Å². The van der Waals surface area contributed by atoms with Gasteiger partial charge in [0.2, 0.25) is 0 Å². The van der Waals surface area contributed by atoms with Crippen LogP contribution in [0.3, 0.4) is 0 Å². The number of halogens is 1. The van der Waals surface area contributed by atoms with E-state index in [0.717, 1.165) is 33.4 Å². The summed E-state index contributed by atoms with van der Waals surface area (Å²) in [5.74, 6) is 1.62. The fourth-order valence-corrected chi connectivity index (χ4v) is 2.03. The minimum atomic E-state index is 0.599. The first-order valence-corrected chi connectivity index (χ1v) is 5.80. The van der Waals surface area contributed by atoms with Crippen LogP contribution in [0.4, 0.5) is 5.69 Å². The molecule has 1 heterocycles. The highest BCUT2D eigenvalue weighted by molar-refractivity contribution is 9.10. The Hall–Kier alpha value is -1.03. The van der Waals surface area contributed by atoms with Crippen molar-refractivity contribution < 1.29 is 0 Å². The van der Waals surface area contributed by atoms with E-state index in [0.29, 0.717) is 5.92 Å². The third-order valence-electron chi connectivity index (χ3n) is 2.27. The van der Waals surface area contributed by atoms with Gasteiger partial charge in [0.1, 0.15) is 11.3 Å². The van der Waals surface area contributed by atoms with E-state index in [2.05, 4.69) is 39.7 Å². The summed E-state index contributed by atoms with van der Waals surface area (Å²) in [6.45, 7) is 4.35. The minimum absolute atomic E-state index is 0.599. The molecule has 0 radical (unpaired) electrons. The van der Waals surface area contributed by atoms with Gasteiger partial charge in [-0.25, -0.2) is 4.98 Å². The minimum Gasteiger partial charge on any atom is -0.398 e. The predicted octanol–water partition coefficient (Wildman–Crippen LogP) is 3.11. The van der Waals surface area contributed by atoms with Gasteiger partial charge in [-0.05, 0) is 34.0 Å². The molecule has 80 valence electrons. The third kappa shape index (κ3) is 2.00. The second-order valence-electron chi connectivity index (χ2n) is 4.15. The van der Waals surface area contributed by atoms with E-state index in [9.17, 15) is 0 Å². The van der Waals surface area contributed by atoms with E-state index in [1.54, 1.807) is 0 Å². The average molecular weight is 268 g/mol. The summed E-state index contributed by atoms with van der Waals surface area (Å²) in [5, 5.41) is 0. The lowest BCUT2D eigenvalue weighted by molar-refractivity contribution is 0.627. The monoisotopic (exact) mass is 267 g/mol. The quantitative estimate of drug-likeness (QED) is 0.822. The van der Waals surface area contributed by atoms with Gasteiger partial charge < -0.3 is 10.7 Å². The van der Waals surface area contributed by atoms with Crippen molar-refractivity contribution in [3.8, 4) is 0 Å². The fourth-order valence-electron chi connectivity index (χ4n) is 1.59. The van der Waals surface area contributed by atoms with E-state index in [-0.39, 0.29) is 0 Å². The molecule has 0 saturated heterocycles. The molecule has 0 aliphatic carbocycles. The molecule has 3 N–H and O–H groups in total. The first-order valence-electron chi connectivity index (χ1n) is 5.00. The van der Waals surface area contributed by atoms with E-state index in [1.165, 1.54) is 0 Å². The molecule has 2 rings (SSSR count). The molecule has 0 saturated carbocycles. The van der Waals surface area contributed by atoms with Gasteiger partial charge in [-0.15, -0.1) is 0 Å². The molecule has 0 spiro atoms. The fraction of sp³-hybridized carbons (Fsp3) is 0.364. The van der Waals surface area contributed by atoms with Crippen LogP contribution in [-0.4, -0.2) is 9.97 Å². The molecule has 1 aromatic carbocycles. The van der Waals surface area contributed by atoms with Crippen molar-refractivity contribution in [3.05, 3.63) is 22.4 Å². The molecule has 2 aromatic rings. The first-order chi connectivity index (χ1) is 7.08. The number of aromatic amines is 1. The molecule has 0 amide bonds. The van der Waals surface area contributed by atoms with Crippen LogP contribution < -0.4 is 5.73 Å². The van der Waals surface area contributed by atoms with Crippen LogP contribution in [0.1, 0.15) is 19.7 Å². The van der Waals surface area contributed by atoms with Crippen molar-refractivity contribution in [2.75, 3.05) is 5.73 Å². The molecule has 0 fully saturated rings. The third-order valence-corrected chi connectivity index (χ3v) is 3.11. The number of H-pyrrole nitrogens is 1. The summed E-state index contributed by atoms with van der Waals surface area (Å²) in [6.07, 6.45) is 0.959. The van der Waals surface area contributed by atoms with Gasteiger partial charge in [-0.2, -0.15) is 0 Å². The van der Waals surface area contributed by atoms with Gasteiger partial charge in [0.25, 0.3) is 0 Å². The Labute approximate surface area is 97.2 Å². The zero-order valence-electron chi connectivity index (χ0n) is 8.84. The topological polar surface area (TPSA) is 54.7 Å². The van der Waals surface area contributed by atoms with Gasteiger partial charge in [0.05, 0.1) is 9.99 Å². The van der Waals surface area contributed by atoms with Crippen LogP contribution >= 0.6 is 15.9 Å². The molecule has 3 nitrogen and oxygen atoms in total. The molecule has 0 aliphatic rings. The maximum atomic E-state index is 5.80. The Bertz CT molecular complexity index is 488. The van der Waals surface area contributed by atoms with Crippen molar-refractivity contribution in [2.24, 2.45) is 5.92 Å². The number of benzene rings is 1. The molecule has 0 bridgehead atoms. The first kappa shape index (κ1) is 10.5.